The summed E-state index contributed by atoms with van der Waals surface area (Å²) in [6, 6.07) is 9.17. The molecule has 1 aromatic rings. The lowest BCUT2D eigenvalue weighted by molar-refractivity contribution is 0.350. The fourth-order valence-electron chi connectivity index (χ4n) is 2.47. The summed E-state index contributed by atoms with van der Waals surface area (Å²) < 4.78 is 5.44. The molecular weight excluding hydrogens is 234 g/mol. The van der Waals surface area contributed by atoms with Crippen molar-refractivity contribution in [2.45, 2.75) is 59.0 Å². The highest BCUT2D eigenvalue weighted by atomic mass is 16.5. The van der Waals surface area contributed by atoms with Crippen molar-refractivity contribution in [3.8, 4) is 5.75 Å². The molecule has 0 fully saturated rings. The Kier molecular flexibility index (Phi) is 6.93. The van der Waals surface area contributed by atoms with Gasteiger partial charge in [0.15, 0.2) is 0 Å². The highest BCUT2D eigenvalue weighted by molar-refractivity contribution is 5.35. The number of hydrogen-bond acceptors (Lipinski definition) is 2. The molecule has 0 bridgehead atoms. The van der Waals surface area contributed by atoms with Crippen molar-refractivity contribution < 1.29 is 4.74 Å². The van der Waals surface area contributed by atoms with Gasteiger partial charge in [0.2, 0.25) is 0 Å². The Hall–Kier alpha value is -1.02. The zero-order chi connectivity index (χ0) is 14.3. The molecule has 1 aromatic carbocycles. The molecule has 2 heteroatoms. The Morgan fingerprint density at radius 1 is 1.11 bits per heavy atom. The number of methoxy groups -OCH3 is 1. The van der Waals surface area contributed by atoms with Crippen molar-refractivity contribution >= 4 is 0 Å². The molecule has 108 valence electrons. The van der Waals surface area contributed by atoms with Gasteiger partial charge in [0.05, 0.1) is 7.11 Å². The summed E-state index contributed by atoms with van der Waals surface area (Å²) >= 11 is 0. The highest BCUT2D eigenvalue weighted by Gasteiger charge is 2.16. The summed E-state index contributed by atoms with van der Waals surface area (Å²) in [5, 5.41) is 3.74. The Balaban J connectivity index is 2.68. The Labute approximate surface area is 118 Å². The predicted molar refractivity (Wildman–Crippen MR) is 82.7 cm³/mol. The summed E-state index contributed by atoms with van der Waals surface area (Å²) in [7, 11) is 1.74. The smallest absolute Gasteiger partial charge is 0.123 e. The van der Waals surface area contributed by atoms with E-state index in [4.69, 9.17) is 4.74 Å². The number of nitrogens with one attached hydrogen (secondary N) is 1. The van der Waals surface area contributed by atoms with Crippen LogP contribution in [0, 0.1) is 5.92 Å². The average Bonchev–Trinajstić information content (AvgIpc) is 2.45. The molecule has 1 N–H and O–H groups in total. The summed E-state index contributed by atoms with van der Waals surface area (Å²) in [6.07, 6.45) is 3.66. The van der Waals surface area contributed by atoms with Crippen LogP contribution in [0.2, 0.25) is 0 Å². The first-order valence-corrected chi connectivity index (χ1v) is 7.51. The van der Waals surface area contributed by atoms with Gasteiger partial charge in [-0.05, 0) is 31.7 Å². The van der Waals surface area contributed by atoms with Gasteiger partial charge in [0, 0.05) is 17.6 Å². The predicted octanol–water partition coefficient (Wildman–Crippen LogP) is 4.56. The number of para-hydroxylation sites is 1. The summed E-state index contributed by atoms with van der Waals surface area (Å²) in [5.74, 6) is 1.75. The van der Waals surface area contributed by atoms with E-state index in [1.807, 2.05) is 12.1 Å². The van der Waals surface area contributed by atoms with Crippen molar-refractivity contribution in [3.05, 3.63) is 29.8 Å². The first-order chi connectivity index (χ1) is 9.12. The van der Waals surface area contributed by atoms with Crippen LogP contribution < -0.4 is 10.1 Å². The second kappa shape index (κ2) is 8.21. The second-order valence-electron chi connectivity index (χ2n) is 5.48. The minimum absolute atomic E-state index is 0.324. The minimum atomic E-state index is 0.324. The van der Waals surface area contributed by atoms with Gasteiger partial charge in [0.1, 0.15) is 5.75 Å². The molecule has 3 atom stereocenters. The molecule has 0 saturated heterocycles. The molecule has 19 heavy (non-hydrogen) atoms. The molecule has 0 radical (unpaired) electrons. The lowest BCUT2D eigenvalue weighted by Crippen LogP contribution is -2.32. The average molecular weight is 263 g/mol. The van der Waals surface area contributed by atoms with E-state index in [1.165, 1.54) is 24.8 Å². The molecule has 0 amide bonds. The van der Waals surface area contributed by atoms with Gasteiger partial charge in [0.25, 0.3) is 0 Å². The normalized spacial score (nSPS) is 15.8. The summed E-state index contributed by atoms with van der Waals surface area (Å²) in [5.41, 5.74) is 1.24. The topological polar surface area (TPSA) is 21.3 Å². The molecule has 0 heterocycles. The monoisotopic (exact) mass is 263 g/mol. The third-order valence-electron chi connectivity index (χ3n) is 3.97. The van der Waals surface area contributed by atoms with Gasteiger partial charge in [-0.3, -0.25) is 0 Å². The molecule has 0 saturated carbocycles. The van der Waals surface area contributed by atoms with Gasteiger partial charge in [-0.2, -0.15) is 0 Å². The van der Waals surface area contributed by atoms with E-state index in [1.54, 1.807) is 7.11 Å². The maximum absolute atomic E-state index is 5.44. The van der Waals surface area contributed by atoms with Crippen molar-refractivity contribution in [2.75, 3.05) is 7.11 Å². The fourth-order valence-corrected chi connectivity index (χ4v) is 2.47. The molecule has 2 nitrogen and oxygen atoms in total. The minimum Gasteiger partial charge on any atom is -0.496 e. The van der Waals surface area contributed by atoms with Crippen molar-refractivity contribution in [3.63, 3.8) is 0 Å². The van der Waals surface area contributed by atoms with E-state index in [0.717, 1.165) is 11.7 Å². The van der Waals surface area contributed by atoms with Crippen LogP contribution >= 0.6 is 0 Å². The van der Waals surface area contributed by atoms with Gasteiger partial charge >= 0.3 is 0 Å². The Morgan fingerprint density at radius 3 is 2.37 bits per heavy atom. The van der Waals surface area contributed by atoms with Crippen LogP contribution in [0.4, 0.5) is 0 Å². The maximum atomic E-state index is 5.44. The third-order valence-corrected chi connectivity index (χ3v) is 3.97. The lowest BCUT2D eigenvalue weighted by Gasteiger charge is -2.25. The van der Waals surface area contributed by atoms with Crippen LogP contribution in [0.5, 0.6) is 5.75 Å². The summed E-state index contributed by atoms with van der Waals surface area (Å²) in [6.45, 7) is 9.07. The lowest BCUT2D eigenvalue weighted by atomic mass is 9.96. The van der Waals surface area contributed by atoms with Crippen molar-refractivity contribution in [1.82, 2.24) is 5.32 Å². The van der Waals surface area contributed by atoms with Crippen LogP contribution in [-0.4, -0.2) is 13.2 Å². The molecule has 2 unspecified atom stereocenters. The number of ether oxygens (including phenoxy) is 1. The first-order valence-electron chi connectivity index (χ1n) is 7.51. The van der Waals surface area contributed by atoms with Gasteiger partial charge in [-0.25, -0.2) is 0 Å². The largest absolute Gasteiger partial charge is 0.496 e. The van der Waals surface area contributed by atoms with Crippen LogP contribution in [-0.2, 0) is 0 Å². The van der Waals surface area contributed by atoms with Crippen LogP contribution in [0.1, 0.15) is 58.6 Å². The van der Waals surface area contributed by atoms with E-state index in [0.29, 0.717) is 12.1 Å². The quantitative estimate of drug-likeness (QED) is 0.742. The fraction of sp³-hybridized carbons (Fsp3) is 0.647. The van der Waals surface area contributed by atoms with Gasteiger partial charge in [-0.15, -0.1) is 0 Å². The molecule has 0 aliphatic heterocycles. The third kappa shape index (κ3) is 4.87. The standard InChI is InChI=1S/C17H29NO/c1-6-13(3)12-15(7-2)18-14(4)16-10-8-9-11-17(16)19-5/h8-11,13-15,18H,6-7,12H2,1-5H3/t13?,14-,15?/m1/s1. The van der Waals surface area contributed by atoms with Gasteiger partial charge in [-0.1, -0.05) is 45.4 Å². The van der Waals surface area contributed by atoms with E-state index >= 15 is 0 Å². The summed E-state index contributed by atoms with van der Waals surface area (Å²) in [4.78, 5) is 0. The zero-order valence-electron chi connectivity index (χ0n) is 13.1. The first kappa shape index (κ1) is 16.0. The van der Waals surface area contributed by atoms with Crippen LogP contribution in [0.3, 0.4) is 0 Å². The Bertz CT molecular complexity index is 364. The molecule has 0 aliphatic rings. The van der Waals surface area contributed by atoms with Gasteiger partial charge < -0.3 is 10.1 Å². The van der Waals surface area contributed by atoms with Crippen molar-refractivity contribution in [2.24, 2.45) is 5.92 Å². The maximum Gasteiger partial charge on any atom is 0.123 e. The molecule has 1 rings (SSSR count). The number of hydrogen-bond donors (Lipinski definition) is 1. The van der Waals surface area contributed by atoms with E-state index in [-0.39, 0.29) is 0 Å². The van der Waals surface area contributed by atoms with E-state index in [2.05, 4.69) is 45.1 Å². The van der Waals surface area contributed by atoms with E-state index in [9.17, 15) is 0 Å². The SMILES string of the molecule is CCC(C)CC(CC)N[C@H](C)c1ccccc1OC. The molecule has 0 spiro atoms. The van der Waals surface area contributed by atoms with Crippen LogP contribution in [0.15, 0.2) is 24.3 Å². The Morgan fingerprint density at radius 2 is 1.79 bits per heavy atom. The second-order valence-corrected chi connectivity index (χ2v) is 5.48. The van der Waals surface area contributed by atoms with Crippen molar-refractivity contribution in [1.29, 1.82) is 0 Å². The molecule has 0 aromatic heterocycles. The number of benzene rings is 1. The number of rotatable bonds is 8. The molecule has 0 aliphatic carbocycles. The molecular formula is C17H29NO. The zero-order valence-corrected chi connectivity index (χ0v) is 13.1. The highest BCUT2D eigenvalue weighted by Crippen LogP contribution is 2.25. The van der Waals surface area contributed by atoms with E-state index < -0.39 is 0 Å². The van der Waals surface area contributed by atoms with Crippen LogP contribution in [0.25, 0.3) is 0 Å².